The van der Waals surface area contributed by atoms with Crippen LogP contribution in [0.25, 0.3) is 0 Å². The van der Waals surface area contributed by atoms with Crippen molar-refractivity contribution in [2.45, 2.75) is 12.5 Å². The number of halogens is 1. The van der Waals surface area contributed by atoms with Gasteiger partial charge in [-0.3, -0.25) is 0 Å². The van der Waals surface area contributed by atoms with Gasteiger partial charge in [0, 0.05) is 10.2 Å². The Morgan fingerprint density at radius 2 is 2.21 bits per heavy atom. The predicted octanol–water partition coefficient (Wildman–Crippen LogP) is 1.85. The van der Waals surface area contributed by atoms with Crippen LogP contribution in [0.1, 0.15) is 6.42 Å². The highest BCUT2D eigenvalue weighted by molar-refractivity contribution is 14.1. The van der Waals surface area contributed by atoms with Crippen molar-refractivity contribution in [2.24, 2.45) is 0 Å². The maximum absolute atomic E-state index is 5.64. The molecule has 0 aromatic heterocycles. The summed E-state index contributed by atoms with van der Waals surface area (Å²) in [5.41, 5.74) is 0. The molecule has 4 heteroatoms. The van der Waals surface area contributed by atoms with Crippen molar-refractivity contribution in [1.29, 1.82) is 0 Å². The van der Waals surface area contributed by atoms with Crippen molar-refractivity contribution in [2.75, 3.05) is 13.7 Å². The van der Waals surface area contributed by atoms with Crippen molar-refractivity contribution < 1.29 is 9.47 Å². The summed E-state index contributed by atoms with van der Waals surface area (Å²) < 4.78 is 12.0. The molecule has 0 heterocycles. The molecule has 1 aromatic carbocycles. The van der Waals surface area contributed by atoms with E-state index < -0.39 is 0 Å². The minimum Gasteiger partial charge on any atom is -0.492 e. The lowest BCUT2D eigenvalue weighted by Crippen LogP contribution is -1.99. The van der Waals surface area contributed by atoms with E-state index in [-0.39, 0.29) is 0 Å². The first kappa shape index (κ1) is 11.8. The largest absolute Gasteiger partial charge is 0.492 e. The summed E-state index contributed by atoms with van der Waals surface area (Å²) in [5, 5.41) is 0. The minimum absolute atomic E-state index is 0.792. The zero-order chi connectivity index (χ0) is 10.4. The molecule has 0 radical (unpaired) electrons. The summed E-state index contributed by atoms with van der Waals surface area (Å²) >= 11 is 2.25. The third kappa shape index (κ3) is 3.16. The first-order valence-corrected chi connectivity index (χ1v) is 7.24. The molecule has 0 fully saturated rings. The Bertz CT molecular complexity index is 291. The first-order valence-electron chi connectivity index (χ1n) is 4.75. The van der Waals surface area contributed by atoms with E-state index in [1.807, 2.05) is 18.2 Å². The van der Waals surface area contributed by atoms with Crippen molar-refractivity contribution in [3.8, 4) is 11.5 Å². The molecule has 0 saturated heterocycles. The number of methoxy groups -OCH3 is 1. The predicted molar refractivity (Wildman–Crippen MR) is 70.6 cm³/mol. The highest BCUT2D eigenvalue weighted by Crippen LogP contribution is 2.31. The average molecular weight is 322 g/mol. The van der Waals surface area contributed by atoms with Crippen LogP contribution in [0.15, 0.2) is 18.2 Å². The van der Waals surface area contributed by atoms with Crippen LogP contribution in [0.2, 0.25) is 6.04 Å². The topological polar surface area (TPSA) is 18.5 Å². The molecular formula is C10H15IO2Si. The molecule has 1 rings (SSSR count). The Labute approximate surface area is 102 Å². The van der Waals surface area contributed by atoms with Crippen LogP contribution in [-0.2, 0) is 0 Å². The van der Waals surface area contributed by atoms with Gasteiger partial charge in [0.1, 0.15) is 0 Å². The first-order chi connectivity index (χ1) is 6.79. The van der Waals surface area contributed by atoms with Gasteiger partial charge in [-0.2, -0.15) is 0 Å². The van der Waals surface area contributed by atoms with Gasteiger partial charge in [0.25, 0.3) is 0 Å². The highest BCUT2D eigenvalue weighted by Gasteiger charge is 2.06. The smallest absolute Gasteiger partial charge is 0.174 e. The van der Waals surface area contributed by atoms with Gasteiger partial charge >= 0.3 is 0 Å². The van der Waals surface area contributed by atoms with Gasteiger partial charge in [0.15, 0.2) is 11.5 Å². The molecule has 14 heavy (non-hydrogen) atoms. The minimum atomic E-state index is 0.792. The fraction of sp³-hybridized carbons (Fsp3) is 0.400. The van der Waals surface area contributed by atoms with Gasteiger partial charge in [-0.15, -0.1) is 0 Å². The normalized spacial score (nSPS) is 10.1. The van der Waals surface area contributed by atoms with E-state index in [9.17, 15) is 0 Å². The van der Waals surface area contributed by atoms with E-state index >= 15 is 0 Å². The fourth-order valence-electron chi connectivity index (χ4n) is 1.13. The molecule has 0 atom stereocenters. The summed E-state index contributed by atoms with van der Waals surface area (Å²) in [6.07, 6.45) is 1.14. The van der Waals surface area contributed by atoms with E-state index in [4.69, 9.17) is 9.47 Å². The lowest BCUT2D eigenvalue weighted by Gasteiger charge is -2.11. The van der Waals surface area contributed by atoms with Crippen molar-refractivity contribution in [3.05, 3.63) is 21.8 Å². The molecule has 0 aliphatic carbocycles. The maximum Gasteiger partial charge on any atom is 0.174 e. The molecule has 0 spiro atoms. The molecule has 78 valence electrons. The van der Waals surface area contributed by atoms with Crippen LogP contribution < -0.4 is 9.47 Å². The maximum atomic E-state index is 5.64. The SMILES string of the molecule is COc1c(I)cccc1OCCC[SiH3]. The van der Waals surface area contributed by atoms with E-state index in [1.165, 1.54) is 16.3 Å². The zero-order valence-electron chi connectivity index (χ0n) is 8.55. The molecule has 0 aliphatic heterocycles. The van der Waals surface area contributed by atoms with Crippen LogP contribution in [0.4, 0.5) is 0 Å². The zero-order valence-corrected chi connectivity index (χ0v) is 12.7. The molecule has 0 bridgehead atoms. The summed E-state index contributed by atoms with van der Waals surface area (Å²) in [5.74, 6) is 1.70. The highest BCUT2D eigenvalue weighted by atomic mass is 127. The van der Waals surface area contributed by atoms with Crippen LogP contribution in [0, 0.1) is 3.57 Å². The second-order valence-electron chi connectivity index (χ2n) is 2.97. The Balaban J connectivity index is 2.70. The van der Waals surface area contributed by atoms with E-state index in [1.54, 1.807) is 7.11 Å². The number of rotatable bonds is 5. The molecule has 2 nitrogen and oxygen atoms in total. The van der Waals surface area contributed by atoms with Gasteiger partial charge in [0.05, 0.1) is 17.3 Å². The van der Waals surface area contributed by atoms with Crippen molar-refractivity contribution >= 4 is 32.8 Å². The number of benzene rings is 1. The Kier molecular flexibility index (Phi) is 5.32. The quantitative estimate of drug-likeness (QED) is 0.468. The molecule has 0 aliphatic rings. The summed E-state index contributed by atoms with van der Waals surface area (Å²) in [6.45, 7) is 0.792. The van der Waals surface area contributed by atoms with Crippen LogP contribution in [-0.4, -0.2) is 24.0 Å². The van der Waals surface area contributed by atoms with E-state index in [0.29, 0.717) is 0 Å². The second-order valence-corrected chi connectivity index (χ2v) is 5.14. The summed E-state index contributed by atoms with van der Waals surface area (Å²) in [4.78, 5) is 0. The van der Waals surface area contributed by atoms with Crippen molar-refractivity contribution in [3.63, 3.8) is 0 Å². The molecule has 0 saturated carbocycles. The van der Waals surface area contributed by atoms with Gasteiger partial charge in [-0.25, -0.2) is 0 Å². The lowest BCUT2D eigenvalue weighted by molar-refractivity contribution is 0.293. The fourth-order valence-corrected chi connectivity index (χ4v) is 2.11. The number of hydrogen-bond donors (Lipinski definition) is 0. The number of para-hydroxylation sites is 1. The van der Waals surface area contributed by atoms with Gasteiger partial charge in [-0.1, -0.05) is 12.1 Å². The van der Waals surface area contributed by atoms with Crippen LogP contribution in [0.5, 0.6) is 11.5 Å². The van der Waals surface area contributed by atoms with Crippen LogP contribution in [0.3, 0.4) is 0 Å². The molecule has 1 aromatic rings. The van der Waals surface area contributed by atoms with Gasteiger partial charge in [-0.05, 0) is 41.1 Å². The Hall–Kier alpha value is -0.233. The van der Waals surface area contributed by atoms with Crippen molar-refractivity contribution in [1.82, 2.24) is 0 Å². The molecular weight excluding hydrogens is 307 g/mol. The molecule has 0 unspecified atom stereocenters. The van der Waals surface area contributed by atoms with E-state index in [0.717, 1.165) is 28.1 Å². The lowest BCUT2D eigenvalue weighted by atomic mass is 10.3. The third-order valence-electron chi connectivity index (χ3n) is 1.89. The van der Waals surface area contributed by atoms with Crippen LogP contribution >= 0.6 is 22.6 Å². The summed E-state index contributed by atoms with van der Waals surface area (Å²) in [6, 6.07) is 7.24. The Morgan fingerprint density at radius 3 is 2.86 bits per heavy atom. The number of ether oxygens (including phenoxy) is 2. The summed E-state index contributed by atoms with van der Waals surface area (Å²) in [7, 11) is 2.93. The van der Waals surface area contributed by atoms with Gasteiger partial charge < -0.3 is 9.47 Å². The molecule has 0 N–H and O–H groups in total. The third-order valence-corrected chi connectivity index (χ3v) is 3.45. The number of hydrogen-bond acceptors (Lipinski definition) is 2. The molecule has 0 amide bonds. The van der Waals surface area contributed by atoms with E-state index in [2.05, 4.69) is 22.6 Å². The standard InChI is InChI=1S/C10H15IO2Si/c1-12-10-8(11)4-2-5-9(10)13-6-3-7-14/h2,4-5H,3,6-7H2,1,14H3. The average Bonchev–Trinajstić information content (AvgIpc) is 2.18. The second kappa shape index (κ2) is 6.29. The Morgan fingerprint density at radius 1 is 1.43 bits per heavy atom. The van der Waals surface area contributed by atoms with Gasteiger partial charge in [0.2, 0.25) is 0 Å². The monoisotopic (exact) mass is 322 g/mol.